The highest BCUT2D eigenvalue weighted by Crippen LogP contribution is 2.25. The third kappa shape index (κ3) is 4.24. The Kier molecular flexibility index (Phi) is 5.10. The van der Waals surface area contributed by atoms with Crippen molar-refractivity contribution < 1.29 is 5.11 Å². The largest absolute Gasteiger partial charge is 0.508 e. The minimum absolute atomic E-state index is 0.178. The lowest BCUT2D eigenvalue weighted by molar-refractivity contribution is 0.475. The molecule has 8 nitrogen and oxygen atoms in total. The van der Waals surface area contributed by atoms with Gasteiger partial charge in [0.25, 0.3) is 0 Å². The summed E-state index contributed by atoms with van der Waals surface area (Å²) in [6.07, 6.45) is 7.72. The molecule has 0 amide bonds. The summed E-state index contributed by atoms with van der Waals surface area (Å²) in [5, 5.41) is 16.1. The van der Waals surface area contributed by atoms with Crippen LogP contribution in [0.25, 0.3) is 11.3 Å². The third-order valence-electron chi connectivity index (χ3n) is 4.08. The van der Waals surface area contributed by atoms with Gasteiger partial charge < -0.3 is 20.7 Å². The lowest BCUT2D eigenvalue weighted by Gasteiger charge is -2.11. The van der Waals surface area contributed by atoms with Crippen LogP contribution in [0.4, 0.5) is 17.5 Å². The Labute approximate surface area is 161 Å². The van der Waals surface area contributed by atoms with Gasteiger partial charge in [-0.3, -0.25) is 0 Å². The van der Waals surface area contributed by atoms with Crippen LogP contribution in [0.1, 0.15) is 5.69 Å². The van der Waals surface area contributed by atoms with Gasteiger partial charge in [-0.2, -0.15) is 0 Å². The molecule has 0 unspecified atom stereocenters. The summed E-state index contributed by atoms with van der Waals surface area (Å²) in [5.41, 5.74) is 3.40. The van der Waals surface area contributed by atoms with Gasteiger partial charge in [0.05, 0.1) is 12.0 Å². The first kappa shape index (κ1) is 17.5. The molecular formula is C20H19N7O. The molecule has 0 fully saturated rings. The molecule has 1 aromatic carbocycles. The average Bonchev–Trinajstić information content (AvgIpc) is 3.22. The van der Waals surface area contributed by atoms with Crippen molar-refractivity contribution in [3.8, 4) is 17.0 Å². The molecule has 3 aromatic heterocycles. The first-order valence-electron chi connectivity index (χ1n) is 8.83. The van der Waals surface area contributed by atoms with E-state index in [2.05, 4.69) is 35.6 Å². The van der Waals surface area contributed by atoms with Gasteiger partial charge >= 0.3 is 0 Å². The second-order valence-corrected chi connectivity index (χ2v) is 6.09. The highest BCUT2D eigenvalue weighted by atomic mass is 16.3. The Bertz CT molecular complexity index is 1050. The Hall–Kier alpha value is -3.94. The van der Waals surface area contributed by atoms with Crippen LogP contribution in [0.15, 0.2) is 67.4 Å². The van der Waals surface area contributed by atoms with Crippen LogP contribution in [0.5, 0.6) is 5.75 Å². The van der Waals surface area contributed by atoms with Crippen molar-refractivity contribution in [2.75, 3.05) is 17.2 Å². The zero-order valence-electron chi connectivity index (χ0n) is 15.0. The van der Waals surface area contributed by atoms with Crippen LogP contribution in [0.2, 0.25) is 0 Å². The molecule has 4 rings (SSSR count). The third-order valence-corrected chi connectivity index (χ3v) is 4.08. The van der Waals surface area contributed by atoms with Crippen LogP contribution in [0, 0.1) is 0 Å². The number of hydrogen-bond acceptors (Lipinski definition) is 7. The van der Waals surface area contributed by atoms with Crippen LogP contribution in [0.3, 0.4) is 0 Å². The summed E-state index contributed by atoms with van der Waals surface area (Å²) in [4.78, 5) is 20.4. The summed E-state index contributed by atoms with van der Waals surface area (Å²) in [5.74, 6) is 1.37. The van der Waals surface area contributed by atoms with E-state index in [9.17, 15) is 5.11 Å². The van der Waals surface area contributed by atoms with Crippen LogP contribution >= 0.6 is 0 Å². The summed E-state index contributed by atoms with van der Waals surface area (Å²) in [6, 6.07) is 12.5. The number of hydrogen-bond donors (Lipinski definition) is 4. The average molecular weight is 373 g/mol. The van der Waals surface area contributed by atoms with Gasteiger partial charge in [-0.25, -0.2) is 19.9 Å². The Morgan fingerprint density at radius 3 is 2.86 bits per heavy atom. The van der Waals surface area contributed by atoms with E-state index in [4.69, 9.17) is 0 Å². The first-order valence-corrected chi connectivity index (χ1v) is 8.83. The predicted octanol–water partition coefficient (Wildman–Crippen LogP) is 3.37. The summed E-state index contributed by atoms with van der Waals surface area (Å²) in [7, 11) is 0. The molecule has 0 radical (unpaired) electrons. The van der Waals surface area contributed by atoms with Gasteiger partial charge in [0, 0.05) is 54.6 Å². The number of phenolic OH excluding ortho intramolecular Hbond substituents is 1. The van der Waals surface area contributed by atoms with Crippen LogP contribution in [-0.4, -0.2) is 36.6 Å². The number of H-pyrrole nitrogens is 1. The van der Waals surface area contributed by atoms with Gasteiger partial charge in [0.1, 0.15) is 11.6 Å². The topological polar surface area (TPSA) is 112 Å². The predicted molar refractivity (Wildman–Crippen MR) is 107 cm³/mol. The zero-order chi connectivity index (χ0) is 19.2. The Morgan fingerprint density at radius 2 is 2.00 bits per heavy atom. The molecule has 0 aliphatic heterocycles. The first-order chi connectivity index (χ1) is 13.8. The fourth-order valence-corrected chi connectivity index (χ4v) is 2.77. The number of pyridine rings is 1. The van der Waals surface area contributed by atoms with Gasteiger partial charge in [0.2, 0.25) is 5.95 Å². The molecule has 4 N–H and O–H groups in total. The minimum atomic E-state index is 0.178. The van der Waals surface area contributed by atoms with E-state index in [1.54, 1.807) is 36.9 Å². The molecule has 140 valence electrons. The SMILES string of the molecule is Oc1cccc(Nc2nccc(-c3cccnc3NCCc3cnc[nH]3)n2)c1. The number of imidazole rings is 1. The van der Waals surface area contributed by atoms with Crippen molar-refractivity contribution >= 4 is 17.5 Å². The smallest absolute Gasteiger partial charge is 0.227 e. The number of phenols is 1. The minimum Gasteiger partial charge on any atom is -0.508 e. The number of benzene rings is 1. The molecule has 8 heteroatoms. The quantitative estimate of drug-likeness (QED) is 0.393. The van der Waals surface area contributed by atoms with Crippen LogP contribution < -0.4 is 10.6 Å². The standard InChI is InChI=1S/C20H19N7O/c28-16-4-1-3-14(11-16)26-20-24-10-7-18(27-20)17-5-2-8-22-19(17)23-9-6-15-12-21-13-25-15/h1-5,7-8,10-13,28H,6,9H2,(H,21,25)(H,22,23)(H,24,26,27). The lowest BCUT2D eigenvalue weighted by atomic mass is 10.2. The van der Waals surface area contributed by atoms with Gasteiger partial charge in [0.15, 0.2) is 0 Å². The normalized spacial score (nSPS) is 10.6. The monoisotopic (exact) mass is 373 g/mol. The van der Waals surface area contributed by atoms with E-state index in [1.165, 1.54) is 0 Å². The lowest BCUT2D eigenvalue weighted by Crippen LogP contribution is -2.08. The fraction of sp³-hybridized carbons (Fsp3) is 0.100. The summed E-state index contributed by atoms with van der Waals surface area (Å²) < 4.78 is 0. The van der Waals surface area contributed by atoms with Crippen LogP contribution in [-0.2, 0) is 6.42 Å². The second kappa shape index (κ2) is 8.17. The Balaban J connectivity index is 1.52. The van der Waals surface area contributed by atoms with Gasteiger partial charge in [-0.1, -0.05) is 6.07 Å². The van der Waals surface area contributed by atoms with Crippen molar-refractivity contribution in [2.45, 2.75) is 6.42 Å². The van der Waals surface area contributed by atoms with Crippen molar-refractivity contribution in [3.05, 3.63) is 73.1 Å². The molecule has 0 aliphatic rings. The molecule has 4 aromatic rings. The number of nitrogens with zero attached hydrogens (tertiary/aromatic N) is 4. The highest BCUT2D eigenvalue weighted by molar-refractivity contribution is 5.73. The number of aromatic hydroxyl groups is 1. The molecule has 0 spiro atoms. The molecular weight excluding hydrogens is 354 g/mol. The van der Waals surface area contributed by atoms with E-state index in [0.29, 0.717) is 18.2 Å². The van der Waals surface area contributed by atoms with Crippen molar-refractivity contribution in [3.63, 3.8) is 0 Å². The molecule has 28 heavy (non-hydrogen) atoms. The molecule has 0 aliphatic carbocycles. The molecule has 0 bridgehead atoms. The van der Waals surface area contributed by atoms with E-state index in [-0.39, 0.29) is 5.75 Å². The van der Waals surface area contributed by atoms with E-state index in [1.807, 2.05) is 30.5 Å². The second-order valence-electron chi connectivity index (χ2n) is 6.09. The molecule has 3 heterocycles. The molecule has 0 saturated carbocycles. The number of aromatic nitrogens is 5. The maximum atomic E-state index is 9.61. The van der Waals surface area contributed by atoms with Gasteiger partial charge in [-0.15, -0.1) is 0 Å². The zero-order valence-corrected chi connectivity index (χ0v) is 15.0. The van der Waals surface area contributed by atoms with E-state index in [0.717, 1.165) is 29.2 Å². The molecule has 0 atom stereocenters. The number of anilines is 3. The maximum absolute atomic E-state index is 9.61. The van der Waals surface area contributed by atoms with Crippen molar-refractivity contribution in [1.29, 1.82) is 0 Å². The Morgan fingerprint density at radius 1 is 1.04 bits per heavy atom. The van der Waals surface area contributed by atoms with E-state index >= 15 is 0 Å². The number of nitrogens with one attached hydrogen (secondary N) is 3. The van der Waals surface area contributed by atoms with E-state index < -0.39 is 0 Å². The highest BCUT2D eigenvalue weighted by Gasteiger charge is 2.09. The number of aromatic amines is 1. The maximum Gasteiger partial charge on any atom is 0.227 e. The van der Waals surface area contributed by atoms with Crippen molar-refractivity contribution in [2.24, 2.45) is 0 Å². The van der Waals surface area contributed by atoms with Gasteiger partial charge in [-0.05, 0) is 30.3 Å². The fourth-order valence-electron chi connectivity index (χ4n) is 2.77. The number of rotatable bonds is 7. The summed E-state index contributed by atoms with van der Waals surface area (Å²) >= 11 is 0. The molecule has 0 saturated heterocycles. The summed E-state index contributed by atoms with van der Waals surface area (Å²) in [6.45, 7) is 0.714. The van der Waals surface area contributed by atoms with Crippen molar-refractivity contribution in [1.82, 2.24) is 24.9 Å².